The second kappa shape index (κ2) is 11.7. The molecule has 0 bridgehead atoms. The molecule has 0 saturated carbocycles. The normalized spacial score (nSPS) is 17.5. The molecule has 1 aliphatic heterocycles. The number of aliphatic imine (C=N–C) groups is 1. The highest BCUT2D eigenvalue weighted by molar-refractivity contribution is 7.85. The van der Waals surface area contributed by atoms with Gasteiger partial charge in [0.25, 0.3) is 0 Å². The Labute approximate surface area is 181 Å². The summed E-state index contributed by atoms with van der Waals surface area (Å²) in [4.78, 5) is 5.11. The fourth-order valence-corrected chi connectivity index (χ4v) is 4.24. The monoisotopic (exact) mass is 429 g/mol. The summed E-state index contributed by atoms with van der Waals surface area (Å²) in [7, 11) is 0.700. The summed E-state index contributed by atoms with van der Waals surface area (Å²) in [5.41, 5.74) is 2.22. The second-order valence-corrected chi connectivity index (χ2v) is 8.84. The first-order valence-electron chi connectivity index (χ1n) is 10.4. The van der Waals surface area contributed by atoms with Crippen molar-refractivity contribution in [2.45, 2.75) is 37.3 Å². The minimum absolute atomic E-state index is 0.186. The maximum absolute atomic E-state index is 12.3. The third-order valence-corrected chi connectivity index (χ3v) is 6.30. The summed E-state index contributed by atoms with van der Waals surface area (Å²) in [5, 5.41) is 6.55. The quantitative estimate of drug-likeness (QED) is 0.474. The molecule has 0 amide bonds. The van der Waals surface area contributed by atoms with Gasteiger partial charge in [0.15, 0.2) is 5.96 Å². The molecule has 1 heterocycles. The van der Waals surface area contributed by atoms with Crippen LogP contribution >= 0.6 is 0 Å². The molecule has 1 saturated heterocycles. The largest absolute Gasteiger partial charge is 0.491 e. The van der Waals surface area contributed by atoms with Crippen LogP contribution in [0.5, 0.6) is 5.75 Å². The van der Waals surface area contributed by atoms with Crippen LogP contribution in [0, 0.1) is 6.92 Å². The molecule has 6 nitrogen and oxygen atoms in total. The van der Waals surface area contributed by atoms with Crippen molar-refractivity contribution in [2.24, 2.45) is 4.99 Å². The third kappa shape index (κ3) is 6.85. The summed E-state index contributed by atoms with van der Waals surface area (Å²) >= 11 is 0. The zero-order valence-corrected chi connectivity index (χ0v) is 18.5. The first-order valence-corrected chi connectivity index (χ1v) is 11.7. The highest BCUT2D eigenvalue weighted by Gasteiger charge is 2.17. The van der Waals surface area contributed by atoms with E-state index in [9.17, 15) is 4.21 Å². The molecule has 2 unspecified atom stereocenters. The Bertz CT molecular complexity index is 852. The lowest BCUT2D eigenvalue weighted by atomic mass is 10.1. The van der Waals surface area contributed by atoms with Crippen LogP contribution in [0.4, 0.5) is 0 Å². The van der Waals surface area contributed by atoms with Crippen LogP contribution in [0.1, 0.15) is 24.0 Å². The van der Waals surface area contributed by atoms with Gasteiger partial charge in [-0.2, -0.15) is 0 Å². The Morgan fingerprint density at radius 1 is 1.23 bits per heavy atom. The van der Waals surface area contributed by atoms with E-state index in [-0.39, 0.29) is 6.10 Å². The Balaban J connectivity index is 1.48. The Morgan fingerprint density at radius 3 is 2.80 bits per heavy atom. The van der Waals surface area contributed by atoms with Gasteiger partial charge in [-0.3, -0.25) is 9.20 Å². The van der Waals surface area contributed by atoms with Gasteiger partial charge in [0, 0.05) is 43.0 Å². The fourth-order valence-electron chi connectivity index (χ4n) is 3.25. The number of rotatable bonds is 9. The maximum Gasteiger partial charge on any atom is 0.191 e. The molecule has 2 atom stereocenters. The molecule has 3 rings (SSSR count). The number of ether oxygens (including phenoxy) is 2. The second-order valence-electron chi connectivity index (χ2n) is 7.27. The minimum Gasteiger partial charge on any atom is -0.491 e. The van der Waals surface area contributed by atoms with Gasteiger partial charge in [0.2, 0.25) is 0 Å². The average Bonchev–Trinajstić information content (AvgIpc) is 3.29. The van der Waals surface area contributed by atoms with Gasteiger partial charge in [-0.15, -0.1) is 0 Å². The highest BCUT2D eigenvalue weighted by atomic mass is 32.2. The predicted octanol–water partition coefficient (Wildman–Crippen LogP) is 3.03. The number of guanidine groups is 1. The standard InChI is InChI=1S/C23H31N3O3S/c1-18-10-11-19(22(15-18)29-17-20-7-6-13-28-20)16-26-23(24-2)25-12-14-30(27)21-8-4-3-5-9-21/h3-5,8-11,15,20H,6-7,12-14,16-17H2,1-2H3,(H2,24,25,26). The van der Waals surface area contributed by atoms with Gasteiger partial charge < -0.3 is 20.1 Å². The van der Waals surface area contributed by atoms with Crippen molar-refractivity contribution in [3.63, 3.8) is 0 Å². The van der Waals surface area contributed by atoms with E-state index >= 15 is 0 Å². The molecule has 0 aromatic heterocycles. The van der Waals surface area contributed by atoms with Gasteiger partial charge in [0.1, 0.15) is 12.4 Å². The molecule has 0 spiro atoms. The van der Waals surface area contributed by atoms with Gasteiger partial charge in [-0.25, -0.2) is 0 Å². The number of hydrogen-bond donors (Lipinski definition) is 2. The molecular formula is C23H31N3O3S. The molecule has 2 N–H and O–H groups in total. The number of aryl methyl sites for hydroxylation is 1. The van der Waals surface area contributed by atoms with E-state index in [2.05, 4.69) is 40.7 Å². The van der Waals surface area contributed by atoms with E-state index in [0.717, 1.165) is 41.2 Å². The van der Waals surface area contributed by atoms with E-state index in [4.69, 9.17) is 9.47 Å². The summed E-state index contributed by atoms with van der Waals surface area (Å²) in [5.74, 6) is 2.06. The SMILES string of the molecule is CN=C(NCCS(=O)c1ccccc1)NCc1ccc(C)cc1OCC1CCCO1. The van der Waals surface area contributed by atoms with Gasteiger partial charge in [0.05, 0.1) is 16.9 Å². The van der Waals surface area contributed by atoms with Crippen molar-refractivity contribution in [1.29, 1.82) is 0 Å². The molecule has 7 heteroatoms. The zero-order chi connectivity index (χ0) is 21.2. The Morgan fingerprint density at radius 2 is 2.07 bits per heavy atom. The van der Waals surface area contributed by atoms with Crippen LogP contribution in [0.15, 0.2) is 58.4 Å². The van der Waals surface area contributed by atoms with Crippen molar-refractivity contribution in [3.05, 3.63) is 59.7 Å². The first kappa shape index (κ1) is 22.3. The number of nitrogens with zero attached hydrogens (tertiary/aromatic N) is 1. The molecule has 30 heavy (non-hydrogen) atoms. The van der Waals surface area contributed by atoms with E-state index in [1.54, 1.807) is 7.05 Å². The number of benzene rings is 2. The summed E-state index contributed by atoms with van der Waals surface area (Å²) in [6.07, 6.45) is 2.35. The smallest absolute Gasteiger partial charge is 0.191 e. The Hall–Kier alpha value is -2.38. The van der Waals surface area contributed by atoms with Crippen molar-refractivity contribution >= 4 is 16.8 Å². The third-order valence-electron chi connectivity index (χ3n) is 4.93. The van der Waals surface area contributed by atoms with Crippen molar-refractivity contribution in [1.82, 2.24) is 10.6 Å². The number of nitrogens with one attached hydrogen (secondary N) is 2. The van der Waals surface area contributed by atoms with Gasteiger partial charge in [-0.1, -0.05) is 30.3 Å². The lowest BCUT2D eigenvalue weighted by Gasteiger charge is -2.17. The van der Waals surface area contributed by atoms with Crippen LogP contribution in [-0.4, -0.2) is 48.8 Å². The minimum atomic E-state index is -1.03. The van der Waals surface area contributed by atoms with E-state index < -0.39 is 10.8 Å². The van der Waals surface area contributed by atoms with E-state index in [1.165, 1.54) is 0 Å². The molecule has 2 aromatic carbocycles. The summed E-state index contributed by atoms with van der Waals surface area (Å²) in [6, 6.07) is 15.7. The van der Waals surface area contributed by atoms with Gasteiger partial charge >= 0.3 is 0 Å². The van der Waals surface area contributed by atoms with E-state index in [0.29, 0.717) is 31.4 Å². The van der Waals surface area contributed by atoms with Crippen LogP contribution in [-0.2, 0) is 22.1 Å². The van der Waals surface area contributed by atoms with Crippen molar-refractivity contribution < 1.29 is 13.7 Å². The number of hydrogen-bond acceptors (Lipinski definition) is 4. The Kier molecular flexibility index (Phi) is 8.71. The topological polar surface area (TPSA) is 72.0 Å². The maximum atomic E-state index is 12.3. The first-order chi connectivity index (χ1) is 14.7. The fraction of sp³-hybridized carbons (Fsp3) is 0.435. The van der Waals surface area contributed by atoms with Gasteiger partial charge in [-0.05, 0) is 43.5 Å². The van der Waals surface area contributed by atoms with E-state index in [1.807, 2.05) is 30.3 Å². The molecule has 0 radical (unpaired) electrons. The van der Waals surface area contributed by atoms with Crippen LogP contribution in [0.25, 0.3) is 0 Å². The summed E-state index contributed by atoms with van der Waals surface area (Å²) < 4.78 is 24.1. The lowest BCUT2D eigenvalue weighted by molar-refractivity contribution is 0.0676. The van der Waals surface area contributed by atoms with Crippen molar-refractivity contribution in [2.75, 3.05) is 32.6 Å². The zero-order valence-electron chi connectivity index (χ0n) is 17.7. The van der Waals surface area contributed by atoms with Crippen LogP contribution < -0.4 is 15.4 Å². The molecule has 2 aromatic rings. The van der Waals surface area contributed by atoms with Crippen LogP contribution in [0.3, 0.4) is 0 Å². The van der Waals surface area contributed by atoms with Crippen LogP contribution in [0.2, 0.25) is 0 Å². The predicted molar refractivity (Wildman–Crippen MR) is 122 cm³/mol. The molecule has 0 aliphatic carbocycles. The molecule has 1 fully saturated rings. The average molecular weight is 430 g/mol. The lowest BCUT2D eigenvalue weighted by Crippen LogP contribution is -2.38. The summed E-state index contributed by atoms with van der Waals surface area (Å²) in [6.45, 7) is 4.62. The molecular weight excluding hydrogens is 398 g/mol. The van der Waals surface area contributed by atoms with Crippen molar-refractivity contribution in [3.8, 4) is 5.75 Å². The highest BCUT2D eigenvalue weighted by Crippen LogP contribution is 2.22. The molecule has 162 valence electrons. The molecule has 1 aliphatic rings.